The molecule has 90 valence electrons. The van der Waals surface area contributed by atoms with Crippen molar-refractivity contribution in [2.45, 2.75) is 18.9 Å². The standard InChI is InChI=1S/C13H16ClN3/c1-10-8-16-6-5-13(10,9-15)17-12-4-2-3-11(14)7-12/h2-4,7,10,16-17H,5-6,8H2,1H3. The van der Waals surface area contributed by atoms with Crippen molar-refractivity contribution in [1.82, 2.24) is 5.32 Å². The van der Waals surface area contributed by atoms with Crippen LogP contribution in [0.1, 0.15) is 13.3 Å². The van der Waals surface area contributed by atoms with Crippen LogP contribution in [-0.4, -0.2) is 18.6 Å². The van der Waals surface area contributed by atoms with Gasteiger partial charge in [0.25, 0.3) is 0 Å². The van der Waals surface area contributed by atoms with E-state index in [0.717, 1.165) is 25.2 Å². The summed E-state index contributed by atoms with van der Waals surface area (Å²) in [5.41, 5.74) is 0.420. The molecule has 2 atom stereocenters. The molecular weight excluding hydrogens is 234 g/mol. The summed E-state index contributed by atoms with van der Waals surface area (Å²) < 4.78 is 0. The summed E-state index contributed by atoms with van der Waals surface area (Å²) in [4.78, 5) is 0. The molecule has 0 aliphatic carbocycles. The lowest BCUT2D eigenvalue weighted by molar-refractivity contribution is 0.304. The third kappa shape index (κ3) is 2.54. The number of nitriles is 1. The van der Waals surface area contributed by atoms with Crippen molar-refractivity contribution in [3.8, 4) is 6.07 Å². The van der Waals surface area contributed by atoms with Crippen LogP contribution in [0.5, 0.6) is 0 Å². The molecule has 0 spiro atoms. The highest BCUT2D eigenvalue weighted by Crippen LogP contribution is 2.29. The average Bonchev–Trinajstić information content (AvgIpc) is 2.32. The van der Waals surface area contributed by atoms with Crippen LogP contribution in [0.15, 0.2) is 24.3 Å². The lowest BCUT2D eigenvalue weighted by atomic mass is 9.80. The van der Waals surface area contributed by atoms with Crippen molar-refractivity contribution in [2.24, 2.45) is 5.92 Å². The second kappa shape index (κ2) is 4.95. The van der Waals surface area contributed by atoms with E-state index < -0.39 is 5.54 Å². The van der Waals surface area contributed by atoms with Crippen LogP contribution in [-0.2, 0) is 0 Å². The smallest absolute Gasteiger partial charge is 0.130 e. The fourth-order valence-electron chi connectivity index (χ4n) is 2.23. The molecule has 2 rings (SSSR count). The predicted octanol–water partition coefficient (Wildman–Crippen LogP) is 2.64. The van der Waals surface area contributed by atoms with E-state index in [2.05, 4.69) is 23.6 Å². The Kier molecular flexibility index (Phi) is 3.56. The Morgan fingerprint density at radius 2 is 2.41 bits per heavy atom. The zero-order chi connectivity index (χ0) is 12.3. The fourth-order valence-corrected chi connectivity index (χ4v) is 2.42. The van der Waals surface area contributed by atoms with E-state index in [1.165, 1.54) is 0 Å². The van der Waals surface area contributed by atoms with Gasteiger partial charge in [-0.05, 0) is 31.2 Å². The van der Waals surface area contributed by atoms with Gasteiger partial charge in [-0.2, -0.15) is 5.26 Å². The molecule has 3 nitrogen and oxygen atoms in total. The Morgan fingerprint density at radius 3 is 3.06 bits per heavy atom. The number of hydrogen-bond acceptors (Lipinski definition) is 3. The summed E-state index contributed by atoms with van der Waals surface area (Å²) in [6.45, 7) is 3.82. The first-order valence-electron chi connectivity index (χ1n) is 5.82. The molecule has 1 aromatic rings. The molecule has 2 unspecified atom stereocenters. The van der Waals surface area contributed by atoms with E-state index in [1.54, 1.807) is 0 Å². The van der Waals surface area contributed by atoms with Crippen molar-refractivity contribution in [1.29, 1.82) is 5.26 Å². The maximum absolute atomic E-state index is 9.47. The van der Waals surface area contributed by atoms with Gasteiger partial charge in [0.05, 0.1) is 6.07 Å². The number of anilines is 1. The monoisotopic (exact) mass is 249 g/mol. The molecule has 1 aliphatic heterocycles. The zero-order valence-corrected chi connectivity index (χ0v) is 10.6. The molecule has 1 heterocycles. The molecule has 0 amide bonds. The first-order chi connectivity index (χ1) is 8.16. The maximum Gasteiger partial charge on any atom is 0.130 e. The molecule has 0 radical (unpaired) electrons. The molecule has 17 heavy (non-hydrogen) atoms. The molecule has 4 heteroatoms. The van der Waals surface area contributed by atoms with Gasteiger partial charge >= 0.3 is 0 Å². The minimum atomic E-state index is -0.490. The van der Waals surface area contributed by atoms with Crippen LogP contribution in [0.2, 0.25) is 5.02 Å². The Bertz CT molecular complexity index is 441. The molecule has 1 aromatic carbocycles. The SMILES string of the molecule is CC1CNCCC1(C#N)Nc1cccc(Cl)c1. The van der Waals surface area contributed by atoms with Gasteiger partial charge in [0, 0.05) is 23.2 Å². The molecule has 0 aromatic heterocycles. The zero-order valence-electron chi connectivity index (χ0n) is 9.83. The summed E-state index contributed by atoms with van der Waals surface area (Å²) in [5, 5.41) is 16.8. The molecule has 2 N–H and O–H groups in total. The highest BCUT2D eigenvalue weighted by molar-refractivity contribution is 6.30. The number of nitrogens with zero attached hydrogens (tertiary/aromatic N) is 1. The normalized spacial score (nSPS) is 28.4. The van der Waals surface area contributed by atoms with E-state index in [1.807, 2.05) is 24.3 Å². The largest absolute Gasteiger partial charge is 0.367 e. The summed E-state index contributed by atoms with van der Waals surface area (Å²) in [6, 6.07) is 9.96. The summed E-state index contributed by atoms with van der Waals surface area (Å²) in [7, 11) is 0. The van der Waals surface area contributed by atoms with Crippen LogP contribution >= 0.6 is 11.6 Å². The van der Waals surface area contributed by atoms with Crippen LogP contribution in [0.4, 0.5) is 5.69 Å². The van der Waals surface area contributed by atoms with Crippen molar-refractivity contribution >= 4 is 17.3 Å². The van der Waals surface area contributed by atoms with Crippen LogP contribution < -0.4 is 10.6 Å². The lowest BCUT2D eigenvalue weighted by Crippen LogP contribution is -2.53. The first kappa shape index (κ1) is 12.2. The summed E-state index contributed by atoms with van der Waals surface area (Å²) >= 11 is 5.95. The Labute approximate surface area is 107 Å². The van der Waals surface area contributed by atoms with Gasteiger partial charge < -0.3 is 10.6 Å². The topological polar surface area (TPSA) is 47.9 Å². The third-order valence-corrected chi connectivity index (χ3v) is 3.61. The Balaban J connectivity index is 2.22. The van der Waals surface area contributed by atoms with E-state index in [9.17, 15) is 5.26 Å². The Morgan fingerprint density at radius 1 is 1.59 bits per heavy atom. The minimum absolute atomic E-state index is 0.264. The number of hydrogen-bond donors (Lipinski definition) is 2. The van der Waals surface area contributed by atoms with Crippen LogP contribution in [0.3, 0.4) is 0 Å². The van der Waals surface area contributed by atoms with Crippen molar-refractivity contribution in [3.63, 3.8) is 0 Å². The summed E-state index contributed by atoms with van der Waals surface area (Å²) in [5.74, 6) is 0.264. The van der Waals surface area contributed by atoms with Crippen molar-refractivity contribution in [3.05, 3.63) is 29.3 Å². The van der Waals surface area contributed by atoms with Crippen LogP contribution in [0.25, 0.3) is 0 Å². The quantitative estimate of drug-likeness (QED) is 0.847. The number of piperidine rings is 1. The molecule has 1 fully saturated rings. The second-order valence-electron chi connectivity index (χ2n) is 4.57. The molecular formula is C13H16ClN3. The second-order valence-corrected chi connectivity index (χ2v) is 5.01. The van der Waals surface area contributed by atoms with Crippen LogP contribution in [0, 0.1) is 17.2 Å². The summed E-state index contributed by atoms with van der Waals surface area (Å²) in [6.07, 6.45) is 0.803. The fraction of sp³-hybridized carbons (Fsp3) is 0.462. The third-order valence-electron chi connectivity index (χ3n) is 3.38. The van der Waals surface area contributed by atoms with E-state index in [-0.39, 0.29) is 5.92 Å². The highest BCUT2D eigenvalue weighted by Gasteiger charge is 2.38. The van der Waals surface area contributed by atoms with Crippen molar-refractivity contribution < 1.29 is 0 Å². The predicted molar refractivity (Wildman–Crippen MR) is 70.1 cm³/mol. The lowest BCUT2D eigenvalue weighted by Gasteiger charge is -2.38. The van der Waals surface area contributed by atoms with Gasteiger partial charge in [-0.1, -0.05) is 24.6 Å². The number of rotatable bonds is 2. The maximum atomic E-state index is 9.47. The molecule has 1 aliphatic rings. The van der Waals surface area contributed by atoms with Gasteiger partial charge in [0.15, 0.2) is 0 Å². The van der Waals surface area contributed by atoms with Crippen molar-refractivity contribution in [2.75, 3.05) is 18.4 Å². The van der Waals surface area contributed by atoms with E-state index in [0.29, 0.717) is 5.02 Å². The van der Waals surface area contributed by atoms with Gasteiger partial charge in [-0.3, -0.25) is 0 Å². The Hall–Kier alpha value is -1.24. The molecule has 0 bridgehead atoms. The number of halogens is 1. The van der Waals surface area contributed by atoms with Gasteiger partial charge in [0.2, 0.25) is 0 Å². The minimum Gasteiger partial charge on any atom is -0.367 e. The van der Waals surface area contributed by atoms with Gasteiger partial charge in [-0.15, -0.1) is 0 Å². The van der Waals surface area contributed by atoms with Gasteiger partial charge in [-0.25, -0.2) is 0 Å². The first-order valence-corrected chi connectivity index (χ1v) is 6.20. The number of benzene rings is 1. The van der Waals surface area contributed by atoms with Gasteiger partial charge in [0.1, 0.15) is 5.54 Å². The molecule has 1 saturated heterocycles. The van der Waals surface area contributed by atoms with E-state index in [4.69, 9.17) is 11.6 Å². The molecule has 0 saturated carbocycles. The highest BCUT2D eigenvalue weighted by atomic mass is 35.5. The average molecular weight is 250 g/mol. The number of nitrogens with one attached hydrogen (secondary N) is 2. The van der Waals surface area contributed by atoms with E-state index >= 15 is 0 Å².